The topological polar surface area (TPSA) is 110 Å². The lowest BCUT2D eigenvalue weighted by atomic mass is 10.3. The van der Waals surface area contributed by atoms with Gasteiger partial charge in [-0.3, -0.25) is 10.1 Å². The number of aromatic nitrogens is 2. The molecule has 0 radical (unpaired) electrons. The van der Waals surface area contributed by atoms with Gasteiger partial charge in [-0.1, -0.05) is 0 Å². The van der Waals surface area contributed by atoms with Gasteiger partial charge in [0.15, 0.2) is 0 Å². The van der Waals surface area contributed by atoms with Crippen molar-refractivity contribution in [3.8, 4) is 0 Å². The van der Waals surface area contributed by atoms with Crippen molar-refractivity contribution in [3.63, 3.8) is 0 Å². The molecule has 0 fully saturated rings. The number of aryl methyl sites for hydroxylation is 1. The van der Waals surface area contributed by atoms with E-state index in [1.165, 1.54) is 6.92 Å². The molecule has 1 aromatic heterocycles. The Bertz CT molecular complexity index is 448. The van der Waals surface area contributed by atoms with Crippen LogP contribution in [0.2, 0.25) is 0 Å². The smallest absolute Gasteiger partial charge is 0.332 e. The van der Waals surface area contributed by atoms with Crippen LogP contribution in [0.4, 0.5) is 17.5 Å². The lowest BCUT2D eigenvalue weighted by molar-refractivity contribution is -0.385. The van der Waals surface area contributed by atoms with Gasteiger partial charge in [0.1, 0.15) is 5.69 Å². The average molecular weight is 254 g/mol. The van der Waals surface area contributed by atoms with Crippen molar-refractivity contribution in [3.05, 3.63) is 15.8 Å². The molecule has 0 saturated heterocycles. The Labute approximate surface area is 105 Å². The molecule has 0 amide bonds. The maximum absolute atomic E-state index is 11.0. The summed E-state index contributed by atoms with van der Waals surface area (Å²) in [7, 11) is 3.85. The van der Waals surface area contributed by atoms with Crippen LogP contribution in [0.3, 0.4) is 0 Å². The minimum Gasteiger partial charge on any atom is -0.368 e. The van der Waals surface area contributed by atoms with Gasteiger partial charge in [0.25, 0.3) is 0 Å². The van der Waals surface area contributed by atoms with E-state index in [0.717, 1.165) is 6.54 Å². The zero-order valence-electron chi connectivity index (χ0n) is 11.0. The van der Waals surface area contributed by atoms with Crippen LogP contribution in [0.1, 0.15) is 12.6 Å². The van der Waals surface area contributed by atoms with Crippen molar-refractivity contribution in [2.24, 2.45) is 0 Å². The highest BCUT2D eigenvalue weighted by Crippen LogP contribution is 2.26. The van der Waals surface area contributed by atoms with Crippen LogP contribution in [-0.2, 0) is 0 Å². The number of hydrogen-bond acceptors (Lipinski definition) is 7. The van der Waals surface area contributed by atoms with Crippen molar-refractivity contribution >= 4 is 17.5 Å². The number of nitrogens with one attached hydrogen (secondary N) is 1. The van der Waals surface area contributed by atoms with Gasteiger partial charge >= 0.3 is 5.69 Å². The molecule has 1 unspecified atom stereocenters. The van der Waals surface area contributed by atoms with Gasteiger partial charge in [-0.25, -0.2) is 4.98 Å². The van der Waals surface area contributed by atoms with E-state index in [1.54, 1.807) is 0 Å². The number of nitro groups is 1. The molecule has 0 aliphatic rings. The van der Waals surface area contributed by atoms with Gasteiger partial charge in [0.05, 0.1) is 4.92 Å². The SMILES string of the molecule is Cc1nc(N)nc(NC(C)CN(C)C)c1[N+](=O)[O-]. The van der Waals surface area contributed by atoms with Crippen molar-refractivity contribution in [1.29, 1.82) is 0 Å². The summed E-state index contributed by atoms with van der Waals surface area (Å²) in [6.45, 7) is 4.18. The molecule has 18 heavy (non-hydrogen) atoms. The largest absolute Gasteiger partial charge is 0.368 e. The Morgan fingerprint density at radius 2 is 2.11 bits per heavy atom. The molecule has 1 rings (SSSR count). The fourth-order valence-corrected chi connectivity index (χ4v) is 1.73. The predicted octanol–water partition coefficient (Wildman–Crippen LogP) is 0.637. The summed E-state index contributed by atoms with van der Waals surface area (Å²) in [6, 6.07) is 0.00685. The molecule has 100 valence electrons. The van der Waals surface area contributed by atoms with Gasteiger partial charge in [-0.2, -0.15) is 4.98 Å². The third-order valence-electron chi connectivity index (χ3n) is 2.28. The zero-order valence-corrected chi connectivity index (χ0v) is 11.0. The summed E-state index contributed by atoms with van der Waals surface area (Å²) in [6.07, 6.45) is 0. The second kappa shape index (κ2) is 5.58. The summed E-state index contributed by atoms with van der Waals surface area (Å²) < 4.78 is 0. The molecule has 0 aromatic carbocycles. The Morgan fingerprint density at radius 1 is 1.50 bits per heavy atom. The first-order valence-corrected chi connectivity index (χ1v) is 5.51. The van der Waals surface area contributed by atoms with Gasteiger partial charge in [-0.15, -0.1) is 0 Å². The second-order valence-electron chi connectivity index (χ2n) is 4.43. The highest BCUT2D eigenvalue weighted by molar-refractivity contribution is 5.60. The fourth-order valence-electron chi connectivity index (χ4n) is 1.73. The molecule has 1 atom stereocenters. The number of hydrogen-bond donors (Lipinski definition) is 2. The highest BCUT2D eigenvalue weighted by Gasteiger charge is 2.22. The van der Waals surface area contributed by atoms with Crippen molar-refractivity contribution in [2.75, 3.05) is 31.7 Å². The number of rotatable bonds is 5. The molecule has 1 heterocycles. The Balaban J connectivity index is 3.03. The summed E-state index contributed by atoms with van der Waals surface area (Å²) in [4.78, 5) is 20.2. The Morgan fingerprint density at radius 3 is 2.61 bits per heavy atom. The molecule has 0 saturated carbocycles. The van der Waals surface area contributed by atoms with E-state index in [9.17, 15) is 10.1 Å². The van der Waals surface area contributed by atoms with Crippen LogP contribution in [-0.4, -0.2) is 46.5 Å². The normalized spacial score (nSPS) is 12.5. The van der Waals surface area contributed by atoms with E-state index in [4.69, 9.17) is 5.73 Å². The van der Waals surface area contributed by atoms with Crippen molar-refractivity contribution in [2.45, 2.75) is 19.9 Å². The molecule has 1 aromatic rings. The maximum Gasteiger partial charge on any atom is 0.332 e. The molecule has 8 heteroatoms. The molecule has 0 aliphatic heterocycles. The fraction of sp³-hybridized carbons (Fsp3) is 0.600. The first-order valence-electron chi connectivity index (χ1n) is 5.51. The molecular formula is C10H18N6O2. The van der Waals surface area contributed by atoms with Crippen LogP contribution in [0.25, 0.3) is 0 Å². The third kappa shape index (κ3) is 3.52. The quantitative estimate of drug-likeness (QED) is 0.585. The van der Waals surface area contributed by atoms with E-state index in [1.807, 2.05) is 25.9 Å². The summed E-state index contributed by atoms with van der Waals surface area (Å²) in [5.41, 5.74) is 5.64. The van der Waals surface area contributed by atoms with Crippen LogP contribution >= 0.6 is 0 Å². The molecule has 8 nitrogen and oxygen atoms in total. The van der Waals surface area contributed by atoms with Gasteiger partial charge in [0.2, 0.25) is 11.8 Å². The lowest BCUT2D eigenvalue weighted by Crippen LogP contribution is -2.30. The van der Waals surface area contributed by atoms with E-state index in [2.05, 4.69) is 15.3 Å². The number of nitrogens with two attached hydrogens (primary N) is 1. The number of anilines is 2. The summed E-state index contributed by atoms with van der Waals surface area (Å²) >= 11 is 0. The third-order valence-corrected chi connectivity index (χ3v) is 2.28. The van der Waals surface area contributed by atoms with Crippen LogP contribution in [0.15, 0.2) is 0 Å². The minimum absolute atomic E-state index is 0.00685. The van der Waals surface area contributed by atoms with Crippen LogP contribution < -0.4 is 11.1 Å². The van der Waals surface area contributed by atoms with Crippen LogP contribution in [0.5, 0.6) is 0 Å². The molecule has 0 aliphatic carbocycles. The summed E-state index contributed by atoms with van der Waals surface area (Å²) in [5.74, 6) is 0.192. The van der Waals surface area contributed by atoms with E-state index in [-0.39, 0.29) is 29.2 Å². The summed E-state index contributed by atoms with van der Waals surface area (Å²) in [5, 5.41) is 14.0. The highest BCUT2D eigenvalue weighted by atomic mass is 16.6. The van der Waals surface area contributed by atoms with Gasteiger partial charge in [0, 0.05) is 12.6 Å². The van der Waals surface area contributed by atoms with Gasteiger partial charge in [-0.05, 0) is 27.9 Å². The molecular weight excluding hydrogens is 236 g/mol. The van der Waals surface area contributed by atoms with Crippen LogP contribution in [0, 0.1) is 17.0 Å². The number of nitrogen functional groups attached to an aromatic ring is 1. The Hall–Kier alpha value is -1.96. The standard InChI is InChI=1S/C10H18N6O2/c1-6(5-15(3)4)12-9-8(16(17)18)7(2)13-10(11)14-9/h6H,5H2,1-4H3,(H3,11,12,13,14). The first kappa shape index (κ1) is 14.1. The van der Waals surface area contributed by atoms with Gasteiger partial charge < -0.3 is 16.0 Å². The first-order chi connectivity index (χ1) is 8.31. The maximum atomic E-state index is 11.0. The minimum atomic E-state index is -0.501. The average Bonchev–Trinajstić information content (AvgIpc) is 2.12. The Kier molecular flexibility index (Phi) is 4.38. The van der Waals surface area contributed by atoms with E-state index in [0.29, 0.717) is 0 Å². The zero-order chi connectivity index (χ0) is 13.9. The van der Waals surface area contributed by atoms with Crippen molar-refractivity contribution < 1.29 is 4.92 Å². The molecule has 0 bridgehead atoms. The molecule has 0 spiro atoms. The lowest BCUT2D eigenvalue weighted by Gasteiger charge is -2.18. The van der Waals surface area contributed by atoms with E-state index < -0.39 is 4.92 Å². The second-order valence-corrected chi connectivity index (χ2v) is 4.43. The molecule has 3 N–H and O–H groups in total. The predicted molar refractivity (Wildman–Crippen MR) is 69.5 cm³/mol. The van der Waals surface area contributed by atoms with E-state index >= 15 is 0 Å². The number of likely N-dealkylation sites (N-methyl/N-ethyl adjacent to an activating group) is 1. The van der Waals surface area contributed by atoms with Crippen molar-refractivity contribution in [1.82, 2.24) is 14.9 Å². The monoisotopic (exact) mass is 254 g/mol. The number of nitrogens with zero attached hydrogens (tertiary/aromatic N) is 4.